The molecule has 2 aromatic heterocycles. The van der Waals surface area contributed by atoms with E-state index in [0.717, 1.165) is 11.3 Å². The van der Waals surface area contributed by atoms with Crippen LogP contribution in [0.25, 0.3) is 0 Å². The van der Waals surface area contributed by atoms with Crippen molar-refractivity contribution in [2.24, 2.45) is 0 Å². The maximum atomic E-state index is 12.3. The Bertz CT molecular complexity index is 889. The third kappa shape index (κ3) is 3.74. The van der Waals surface area contributed by atoms with Crippen molar-refractivity contribution in [2.75, 3.05) is 5.32 Å². The molecule has 0 fully saturated rings. The number of furan rings is 1. The molecule has 1 aromatic carbocycles. The zero-order valence-corrected chi connectivity index (χ0v) is 14.7. The maximum absolute atomic E-state index is 12.3. The van der Waals surface area contributed by atoms with E-state index in [9.17, 15) is 4.79 Å². The second kappa shape index (κ2) is 6.84. The van der Waals surface area contributed by atoms with E-state index >= 15 is 0 Å². The van der Waals surface area contributed by atoms with Crippen LogP contribution in [0.5, 0.6) is 5.75 Å². The summed E-state index contributed by atoms with van der Waals surface area (Å²) in [6, 6.07) is 9.24. The molecule has 0 aliphatic carbocycles. The van der Waals surface area contributed by atoms with Crippen LogP contribution in [0.2, 0.25) is 0 Å². The fourth-order valence-corrected chi connectivity index (χ4v) is 2.37. The summed E-state index contributed by atoms with van der Waals surface area (Å²) in [6.07, 6.45) is 0. The quantitative estimate of drug-likeness (QED) is 0.748. The normalized spacial score (nSPS) is 10.7. The van der Waals surface area contributed by atoms with Gasteiger partial charge >= 0.3 is 0 Å². The Labute approximate surface area is 145 Å². The Morgan fingerprint density at radius 2 is 1.92 bits per heavy atom. The molecule has 0 spiro atoms. The molecule has 0 bridgehead atoms. The van der Waals surface area contributed by atoms with Gasteiger partial charge in [-0.1, -0.05) is 11.2 Å². The molecule has 6 nitrogen and oxygen atoms in total. The number of aromatic nitrogens is 1. The minimum absolute atomic E-state index is 0.207. The van der Waals surface area contributed by atoms with Crippen LogP contribution in [-0.4, -0.2) is 11.1 Å². The third-order valence-electron chi connectivity index (χ3n) is 4.02. The summed E-state index contributed by atoms with van der Waals surface area (Å²) in [4.78, 5) is 12.3. The Morgan fingerprint density at radius 1 is 1.12 bits per heavy atom. The van der Waals surface area contributed by atoms with E-state index in [2.05, 4.69) is 17.4 Å². The van der Waals surface area contributed by atoms with Gasteiger partial charge in [0.2, 0.25) is 0 Å². The minimum Gasteiger partial charge on any atom is -0.486 e. The number of hydrogen-bond acceptors (Lipinski definition) is 5. The highest BCUT2D eigenvalue weighted by Crippen LogP contribution is 2.21. The van der Waals surface area contributed by atoms with E-state index in [4.69, 9.17) is 13.7 Å². The van der Waals surface area contributed by atoms with Gasteiger partial charge in [0.05, 0.1) is 0 Å². The van der Waals surface area contributed by atoms with Crippen molar-refractivity contribution in [3.63, 3.8) is 0 Å². The second-order valence-corrected chi connectivity index (χ2v) is 5.95. The third-order valence-corrected chi connectivity index (χ3v) is 4.02. The number of benzene rings is 1. The molecule has 0 saturated carbocycles. The largest absolute Gasteiger partial charge is 0.486 e. The van der Waals surface area contributed by atoms with Gasteiger partial charge in [0.25, 0.3) is 5.91 Å². The average molecular weight is 340 g/mol. The molecule has 0 aliphatic rings. The smallest absolute Gasteiger partial charge is 0.291 e. The number of nitrogens with one attached hydrogen (secondary N) is 1. The standard InChI is InChI=1S/C19H20N2O4/c1-11-5-6-15(9-12(11)2)23-10-16-7-8-17(24-16)19(22)20-18-13(3)21-25-14(18)4/h5-9H,10H2,1-4H3,(H,20,22). The molecule has 3 aromatic rings. The zero-order chi connectivity index (χ0) is 18.0. The first-order valence-corrected chi connectivity index (χ1v) is 7.97. The van der Waals surface area contributed by atoms with E-state index in [1.54, 1.807) is 26.0 Å². The van der Waals surface area contributed by atoms with Crippen LogP contribution in [0.1, 0.15) is 38.9 Å². The van der Waals surface area contributed by atoms with E-state index in [-0.39, 0.29) is 18.3 Å². The zero-order valence-electron chi connectivity index (χ0n) is 14.7. The first-order chi connectivity index (χ1) is 11.9. The number of nitrogens with zero attached hydrogens (tertiary/aromatic N) is 1. The number of hydrogen-bond donors (Lipinski definition) is 1. The molecule has 0 aliphatic heterocycles. The number of ether oxygens (including phenoxy) is 1. The van der Waals surface area contributed by atoms with Crippen molar-refractivity contribution in [3.8, 4) is 5.75 Å². The number of anilines is 1. The lowest BCUT2D eigenvalue weighted by Gasteiger charge is -2.07. The Balaban J connectivity index is 1.63. The predicted octanol–water partition coefficient (Wildman–Crippen LogP) is 4.33. The number of amides is 1. The lowest BCUT2D eigenvalue weighted by atomic mass is 10.1. The molecule has 130 valence electrons. The summed E-state index contributed by atoms with van der Waals surface area (Å²) in [5.74, 6) is 1.74. The first-order valence-electron chi connectivity index (χ1n) is 7.97. The molecule has 6 heteroatoms. The molecular weight excluding hydrogens is 320 g/mol. The van der Waals surface area contributed by atoms with Gasteiger partial charge in [0, 0.05) is 0 Å². The summed E-state index contributed by atoms with van der Waals surface area (Å²) in [5, 5.41) is 6.55. The summed E-state index contributed by atoms with van der Waals surface area (Å²) >= 11 is 0. The Morgan fingerprint density at radius 3 is 2.60 bits per heavy atom. The van der Waals surface area contributed by atoms with E-state index in [1.807, 2.05) is 25.1 Å². The fraction of sp³-hybridized carbons (Fsp3) is 0.263. The van der Waals surface area contributed by atoms with E-state index in [1.165, 1.54) is 5.56 Å². The Hall–Kier alpha value is -3.02. The second-order valence-electron chi connectivity index (χ2n) is 5.95. The summed E-state index contributed by atoms with van der Waals surface area (Å²) in [7, 11) is 0. The maximum Gasteiger partial charge on any atom is 0.291 e. The molecule has 0 saturated heterocycles. The summed E-state index contributed by atoms with van der Waals surface area (Å²) in [5.41, 5.74) is 3.56. The molecule has 0 radical (unpaired) electrons. The summed E-state index contributed by atoms with van der Waals surface area (Å²) < 4.78 is 16.3. The topological polar surface area (TPSA) is 77.5 Å². The van der Waals surface area contributed by atoms with E-state index in [0.29, 0.717) is 22.9 Å². The number of carbonyl (C=O) groups excluding carboxylic acids is 1. The van der Waals surface area contributed by atoms with Crippen molar-refractivity contribution < 1.29 is 18.5 Å². The van der Waals surface area contributed by atoms with Crippen molar-refractivity contribution in [3.05, 3.63) is 64.4 Å². The average Bonchev–Trinajstić information content (AvgIpc) is 3.18. The van der Waals surface area contributed by atoms with Gasteiger partial charge in [-0.15, -0.1) is 0 Å². The molecule has 0 atom stereocenters. The monoisotopic (exact) mass is 340 g/mol. The number of rotatable bonds is 5. The molecule has 1 N–H and O–H groups in total. The van der Waals surface area contributed by atoms with Gasteiger partial charge in [0.1, 0.15) is 29.5 Å². The first kappa shape index (κ1) is 16.8. The van der Waals surface area contributed by atoms with Gasteiger partial charge in [0.15, 0.2) is 11.5 Å². The number of aryl methyl sites for hydroxylation is 4. The number of carbonyl (C=O) groups is 1. The van der Waals surface area contributed by atoms with Crippen molar-refractivity contribution >= 4 is 11.6 Å². The van der Waals surface area contributed by atoms with E-state index < -0.39 is 0 Å². The molecule has 0 unspecified atom stereocenters. The van der Waals surface area contributed by atoms with Crippen molar-refractivity contribution in [2.45, 2.75) is 34.3 Å². The predicted molar refractivity (Wildman–Crippen MR) is 92.9 cm³/mol. The molecule has 1 amide bonds. The van der Waals surface area contributed by atoms with Crippen molar-refractivity contribution in [1.82, 2.24) is 5.16 Å². The molecule has 2 heterocycles. The van der Waals surface area contributed by atoms with Gasteiger partial charge in [-0.2, -0.15) is 0 Å². The van der Waals surface area contributed by atoms with Gasteiger partial charge < -0.3 is 19.0 Å². The van der Waals surface area contributed by atoms with Crippen molar-refractivity contribution in [1.29, 1.82) is 0 Å². The molecule has 3 rings (SSSR count). The van der Waals surface area contributed by atoms with Crippen LogP contribution < -0.4 is 10.1 Å². The highest BCUT2D eigenvalue weighted by Gasteiger charge is 2.16. The van der Waals surface area contributed by atoms with Gasteiger partial charge in [-0.25, -0.2) is 0 Å². The molecular formula is C19H20N2O4. The Kier molecular flexibility index (Phi) is 4.61. The highest BCUT2D eigenvalue weighted by atomic mass is 16.5. The van der Waals surface area contributed by atoms with Crippen LogP contribution in [0.3, 0.4) is 0 Å². The molecule has 25 heavy (non-hydrogen) atoms. The van der Waals surface area contributed by atoms with Crippen LogP contribution in [0, 0.1) is 27.7 Å². The van der Waals surface area contributed by atoms with Crippen LogP contribution in [0.4, 0.5) is 5.69 Å². The lowest BCUT2D eigenvalue weighted by molar-refractivity contribution is 0.0992. The lowest BCUT2D eigenvalue weighted by Crippen LogP contribution is -2.12. The van der Waals surface area contributed by atoms with Crippen LogP contribution >= 0.6 is 0 Å². The SMILES string of the molecule is Cc1ccc(OCc2ccc(C(=O)Nc3c(C)noc3C)o2)cc1C. The fourth-order valence-electron chi connectivity index (χ4n) is 2.37. The highest BCUT2D eigenvalue weighted by molar-refractivity contribution is 6.02. The van der Waals surface area contributed by atoms with Crippen LogP contribution in [-0.2, 0) is 6.61 Å². The van der Waals surface area contributed by atoms with Crippen LogP contribution in [0.15, 0.2) is 39.3 Å². The summed E-state index contributed by atoms with van der Waals surface area (Å²) in [6.45, 7) is 7.83. The van der Waals surface area contributed by atoms with Gasteiger partial charge in [-0.3, -0.25) is 4.79 Å². The minimum atomic E-state index is -0.355. The van der Waals surface area contributed by atoms with Gasteiger partial charge in [-0.05, 0) is 63.1 Å².